The number of carboxylic acid groups (broad SMARTS) is 1. The highest BCUT2D eigenvalue weighted by molar-refractivity contribution is 5.99. The number of hydrogen-bond acceptors (Lipinski definition) is 6. The number of nitrogens with one attached hydrogen (secondary N) is 2. The van der Waals surface area contributed by atoms with Gasteiger partial charge >= 0.3 is 5.97 Å². The summed E-state index contributed by atoms with van der Waals surface area (Å²) in [6.07, 6.45) is 1.70. The van der Waals surface area contributed by atoms with Crippen LogP contribution < -0.4 is 16.2 Å². The van der Waals surface area contributed by atoms with E-state index >= 15 is 0 Å². The van der Waals surface area contributed by atoms with E-state index in [0.29, 0.717) is 41.8 Å². The number of unbranched alkanes of at least 4 members (excludes halogenated alkanes) is 1. The first kappa shape index (κ1) is 19.5. The second kappa shape index (κ2) is 8.20. The molecule has 148 valence electrons. The lowest BCUT2D eigenvalue weighted by molar-refractivity contribution is -0.137. The summed E-state index contributed by atoms with van der Waals surface area (Å²) in [7, 11) is 0. The van der Waals surface area contributed by atoms with Crippen molar-refractivity contribution in [3.63, 3.8) is 0 Å². The van der Waals surface area contributed by atoms with Gasteiger partial charge in [-0.1, -0.05) is 6.07 Å². The average Bonchev–Trinajstić information content (AvgIpc) is 2.62. The highest BCUT2D eigenvalue weighted by atomic mass is 16.4. The van der Waals surface area contributed by atoms with Gasteiger partial charge in [-0.15, -0.1) is 0 Å². The monoisotopic (exact) mass is 386 g/mol. The van der Waals surface area contributed by atoms with Crippen molar-refractivity contribution in [1.82, 2.24) is 14.9 Å². The fourth-order valence-electron chi connectivity index (χ4n) is 3.42. The third-order valence-electron chi connectivity index (χ3n) is 4.76. The number of amides is 2. The Balaban J connectivity index is 1.92. The minimum atomic E-state index is -0.836. The van der Waals surface area contributed by atoms with E-state index in [0.717, 1.165) is 0 Å². The first-order valence-electron chi connectivity index (χ1n) is 9.19. The number of carboxylic acids is 1. The third kappa shape index (κ3) is 4.03. The molecule has 1 fully saturated rings. The maximum atomic E-state index is 13.2. The molecule has 3 rings (SSSR count). The Kier molecular flexibility index (Phi) is 5.72. The van der Waals surface area contributed by atoms with E-state index in [4.69, 9.17) is 5.11 Å². The first-order chi connectivity index (χ1) is 13.4. The second-order valence-corrected chi connectivity index (χ2v) is 6.78. The molecule has 2 heterocycles. The highest BCUT2D eigenvalue weighted by Crippen LogP contribution is 2.23. The van der Waals surface area contributed by atoms with Crippen LogP contribution in [-0.2, 0) is 14.4 Å². The molecule has 28 heavy (non-hydrogen) atoms. The molecule has 0 aliphatic carbocycles. The van der Waals surface area contributed by atoms with Crippen molar-refractivity contribution < 1.29 is 19.5 Å². The van der Waals surface area contributed by atoms with Gasteiger partial charge in [-0.2, -0.15) is 0 Å². The number of hydrogen-bond donors (Lipinski definition) is 3. The molecule has 2 aromatic rings. The number of carbonyl (C=O) groups is 3. The summed E-state index contributed by atoms with van der Waals surface area (Å²) < 4.78 is 1.35. The number of benzene rings is 1. The van der Waals surface area contributed by atoms with Gasteiger partial charge in [0.15, 0.2) is 0 Å². The SMILES string of the molecule is Cc1nc2cccc(NCCCCC(=O)O)c2c(=O)n1C1CCC(=O)NC1=O. The molecule has 3 N–H and O–H groups in total. The largest absolute Gasteiger partial charge is 0.481 e. The predicted octanol–water partition coefficient (Wildman–Crippen LogP) is 1.35. The van der Waals surface area contributed by atoms with Crippen molar-refractivity contribution in [2.75, 3.05) is 11.9 Å². The van der Waals surface area contributed by atoms with Gasteiger partial charge in [-0.25, -0.2) is 4.98 Å². The molecule has 1 aromatic heterocycles. The van der Waals surface area contributed by atoms with Crippen LogP contribution in [0.3, 0.4) is 0 Å². The van der Waals surface area contributed by atoms with E-state index in [2.05, 4.69) is 15.6 Å². The summed E-state index contributed by atoms with van der Waals surface area (Å²) >= 11 is 0. The van der Waals surface area contributed by atoms with Crippen LogP contribution in [0.5, 0.6) is 0 Å². The van der Waals surface area contributed by atoms with E-state index in [9.17, 15) is 19.2 Å². The highest BCUT2D eigenvalue weighted by Gasteiger charge is 2.30. The van der Waals surface area contributed by atoms with Gasteiger partial charge in [0.2, 0.25) is 11.8 Å². The minimum Gasteiger partial charge on any atom is -0.481 e. The topological polar surface area (TPSA) is 130 Å². The Morgan fingerprint density at radius 1 is 1.32 bits per heavy atom. The van der Waals surface area contributed by atoms with Crippen LogP contribution in [-0.4, -0.2) is 39.0 Å². The molecule has 0 spiro atoms. The number of nitrogens with zero attached hydrogens (tertiary/aromatic N) is 2. The number of aliphatic carboxylic acids is 1. The molecule has 1 saturated heterocycles. The summed E-state index contributed by atoms with van der Waals surface area (Å²) in [6, 6.07) is 4.50. The summed E-state index contributed by atoms with van der Waals surface area (Å²) in [6.45, 7) is 2.18. The zero-order chi connectivity index (χ0) is 20.3. The van der Waals surface area contributed by atoms with Gasteiger partial charge < -0.3 is 10.4 Å². The van der Waals surface area contributed by atoms with Gasteiger partial charge in [-0.3, -0.25) is 29.1 Å². The van der Waals surface area contributed by atoms with Gasteiger partial charge in [0.25, 0.3) is 5.56 Å². The minimum absolute atomic E-state index is 0.0975. The lowest BCUT2D eigenvalue weighted by Gasteiger charge is -2.24. The quantitative estimate of drug-likeness (QED) is 0.483. The second-order valence-electron chi connectivity index (χ2n) is 6.78. The van der Waals surface area contributed by atoms with Gasteiger partial charge in [-0.05, 0) is 38.3 Å². The number of aromatic nitrogens is 2. The van der Waals surface area contributed by atoms with Crippen molar-refractivity contribution in [2.24, 2.45) is 0 Å². The van der Waals surface area contributed by atoms with Gasteiger partial charge in [0.1, 0.15) is 11.9 Å². The number of anilines is 1. The Morgan fingerprint density at radius 3 is 2.82 bits per heavy atom. The molecule has 0 saturated carbocycles. The molecular weight excluding hydrogens is 364 g/mol. The number of fused-ring (bicyclic) bond motifs is 1. The molecule has 0 bridgehead atoms. The van der Waals surface area contributed by atoms with Crippen LogP contribution in [0, 0.1) is 6.92 Å². The molecule has 1 aromatic carbocycles. The molecule has 0 radical (unpaired) electrons. The third-order valence-corrected chi connectivity index (χ3v) is 4.76. The van der Waals surface area contributed by atoms with Crippen LogP contribution >= 0.6 is 0 Å². The van der Waals surface area contributed by atoms with Crippen molar-refractivity contribution in [2.45, 2.75) is 45.1 Å². The molecule has 1 aliphatic rings. The zero-order valence-electron chi connectivity index (χ0n) is 15.5. The van der Waals surface area contributed by atoms with Crippen LogP contribution in [0.15, 0.2) is 23.0 Å². The summed E-state index contributed by atoms with van der Waals surface area (Å²) in [5.74, 6) is -1.27. The number of aryl methyl sites for hydroxylation is 1. The maximum absolute atomic E-state index is 13.2. The molecule has 9 heteroatoms. The molecule has 2 amide bonds. The Bertz CT molecular complexity index is 998. The number of rotatable bonds is 7. The lowest BCUT2D eigenvalue weighted by Crippen LogP contribution is -2.45. The van der Waals surface area contributed by atoms with Crippen LogP contribution in [0.25, 0.3) is 10.9 Å². The molecule has 1 atom stereocenters. The average molecular weight is 386 g/mol. The van der Waals surface area contributed by atoms with Crippen LogP contribution in [0.4, 0.5) is 5.69 Å². The zero-order valence-corrected chi connectivity index (χ0v) is 15.5. The summed E-state index contributed by atoms with van der Waals surface area (Å²) in [4.78, 5) is 51.9. The maximum Gasteiger partial charge on any atom is 0.303 e. The fourth-order valence-corrected chi connectivity index (χ4v) is 3.42. The standard InChI is InChI=1S/C19H22N4O5/c1-11-21-13-6-4-5-12(20-10-3-2-7-16(25)26)17(13)19(28)23(11)14-8-9-15(24)22-18(14)27/h4-6,14,20H,2-3,7-10H2,1H3,(H,25,26)(H,22,24,27). The van der Waals surface area contributed by atoms with E-state index in [-0.39, 0.29) is 30.7 Å². The first-order valence-corrected chi connectivity index (χ1v) is 9.19. The Morgan fingerprint density at radius 2 is 2.11 bits per heavy atom. The summed E-state index contributed by atoms with van der Waals surface area (Å²) in [5, 5.41) is 14.5. The number of imide groups is 1. The smallest absolute Gasteiger partial charge is 0.303 e. The number of carbonyl (C=O) groups excluding carboxylic acids is 2. The van der Waals surface area contributed by atoms with Crippen LogP contribution in [0.2, 0.25) is 0 Å². The van der Waals surface area contributed by atoms with Crippen molar-refractivity contribution in [1.29, 1.82) is 0 Å². The van der Waals surface area contributed by atoms with Gasteiger partial charge in [0.05, 0.1) is 10.9 Å². The van der Waals surface area contributed by atoms with Gasteiger partial charge in [0, 0.05) is 25.1 Å². The Labute approximate surface area is 160 Å². The van der Waals surface area contributed by atoms with E-state index < -0.39 is 17.9 Å². The number of piperidine rings is 1. The molecule has 9 nitrogen and oxygen atoms in total. The van der Waals surface area contributed by atoms with E-state index in [1.807, 2.05) is 0 Å². The van der Waals surface area contributed by atoms with Crippen LogP contribution in [0.1, 0.15) is 44.0 Å². The van der Waals surface area contributed by atoms with Crippen molar-refractivity contribution in [3.05, 3.63) is 34.4 Å². The van der Waals surface area contributed by atoms with Crippen molar-refractivity contribution >= 4 is 34.4 Å². The molecule has 1 unspecified atom stereocenters. The van der Waals surface area contributed by atoms with Crippen molar-refractivity contribution in [3.8, 4) is 0 Å². The fraction of sp³-hybridized carbons (Fsp3) is 0.421. The lowest BCUT2D eigenvalue weighted by atomic mass is 10.1. The van der Waals surface area contributed by atoms with E-state index in [1.165, 1.54) is 4.57 Å². The normalized spacial score (nSPS) is 16.8. The molecular formula is C19H22N4O5. The molecule has 1 aliphatic heterocycles. The Hall–Kier alpha value is -3.23. The van der Waals surface area contributed by atoms with E-state index in [1.54, 1.807) is 25.1 Å². The summed E-state index contributed by atoms with van der Waals surface area (Å²) in [5.41, 5.74) is 0.763. The predicted molar refractivity (Wildman–Crippen MR) is 102 cm³/mol.